The summed E-state index contributed by atoms with van der Waals surface area (Å²) in [7, 11) is 0. The normalized spacial score (nSPS) is 23.2. The Balaban J connectivity index is 1.48. The third-order valence-corrected chi connectivity index (χ3v) is 4.34. The topological polar surface area (TPSA) is 29.5 Å². The molecule has 0 aliphatic carbocycles. The van der Waals surface area contributed by atoms with Gasteiger partial charge >= 0.3 is 0 Å². The SMILES string of the molecule is O=C1CC(CCCN2CCCCC2)Oc2ccccc21. The zero-order valence-electron chi connectivity index (χ0n) is 12.0. The minimum atomic E-state index is 0.0715. The van der Waals surface area contributed by atoms with E-state index in [4.69, 9.17) is 4.74 Å². The van der Waals surface area contributed by atoms with Crippen molar-refractivity contribution in [2.24, 2.45) is 0 Å². The van der Waals surface area contributed by atoms with Crippen molar-refractivity contribution in [3.63, 3.8) is 0 Å². The Morgan fingerprint density at radius 3 is 2.80 bits per heavy atom. The van der Waals surface area contributed by atoms with Gasteiger partial charge in [-0.05, 0) is 57.5 Å². The molecule has 0 spiro atoms. The lowest BCUT2D eigenvalue weighted by atomic mass is 9.98. The highest BCUT2D eigenvalue weighted by molar-refractivity contribution is 5.99. The molecule has 20 heavy (non-hydrogen) atoms. The van der Waals surface area contributed by atoms with E-state index in [1.807, 2.05) is 24.3 Å². The lowest BCUT2D eigenvalue weighted by Crippen LogP contribution is -2.32. The van der Waals surface area contributed by atoms with Crippen LogP contribution in [0.1, 0.15) is 48.9 Å². The van der Waals surface area contributed by atoms with Gasteiger partial charge in [-0.15, -0.1) is 0 Å². The van der Waals surface area contributed by atoms with Crippen LogP contribution >= 0.6 is 0 Å². The fraction of sp³-hybridized carbons (Fsp3) is 0.588. The average Bonchev–Trinajstić information content (AvgIpc) is 2.48. The van der Waals surface area contributed by atoms with Crippen molar-refractivity contribution in [1.29, 1.82) is 0 Å². The van der Waals surface area contributed by atoms with Gasteiger partial charge in [0.05, 0.1) is 5.56 Å². The summed E-state index contributed by atoms with van der Waals surface area (Å²) >= 11 is 0. The zero-order valence-corrected chi connectivity index (χ0v) is 12.0. The number of benzene rings is 1. The van der Waals surface area contributed by atoms with Gasteiger partial charge in [-0.2, -0.15) is 0 Å². The standard InChI is InChI=1S/C17H23NO2/c19-16-13-14(20-17-9-3-2-8-15(16)17)7-6-12-18-10-4-1-5-11-18/h2-3,8-9,14H,1,4-7,10-13H2. The Morgan fingerprint density at radius 2 is 1.95 bits per heavy atom. The fourth-order valence-corrected chi connectivity index (χ4v) is 3.22. The summed E-state index contributed by atoms with van der Waals surface area (Å²) in [5.74, 6) is 1.00. The molecular weight excluding hydrogens is 250 g/mol. The van der Waals surface area contributed by atoms with Crippen LogP contribution in [-0.4, -0.2) is 36.4 Å². The van der Waals surface area contributed by atoms with Gasteiger partial charge < -0.3 is 9.64 Å². The summed E-state index contributed by atoms with van der Waals surface area (Å²) < 4.78 is 5.95. The largest absolute Gasteiger partial charge is 0.489 e. The molecule has 1 unspecified atom stereocenters. The van der Waals surface area contributed by atoms with Gasteiger partial charge in [-0.3, -0.25) is 4.79 Å². The second-order valence-electron chi connectivity index (χ2n) is 5.91. The van der Waals surface area contributed by atoms with E-state index in [0.717, 1.165) is 30.7 Å². The number of rotatable bonds is 4. The molecule has 2 aliphatic heterocycles. The number of Topliss-reactive ketones (excluding diaryl/α,β-unsaturated/α-hetero) is 1. The Morgan fingerprint density at radius 1 is 1.15 bits per heavy atom. The smallest absolute Gasteiger partial charge is 0.170 e. The molecule has 0 bridgehead atoms. The highest BCUT2D eigenvalue weighted by atomic mass is 16.5. The maximum atomic E-state index is 12.1. The molecule has 1 aromatic carbocycles. The summed E-state index contributed by atoms with van der Waals surface area (Å²) in [5.41, 5.74) is 0.750. The van der Waals surface area contributed by atoms with Crippen LogP contribution in [0.4, 0.5) is 0 Å². The summed E-state index contributed by atoms with van der Waals surface area (Å²) in [6.45, 7) is 3.64. The molecule has 3 rings (SSSR count). The molecule has 1 fully saturated rings. The summed E-state index contributed by atoms with van der Waals surface area (Å²) in [6.07, 6.45) is 6.78. The minimum Gasteiger partial charge on any atom is -0.489 e. The summed E-state index contributed by atoms with van der Waals surface area (Å²) in [4.78, 5) is 14.6. The van der Waals surface area contributed by atoms with E-state index < -0.39 is 0 Å². The molecular formula is C17H23NO2. The van der Waals surface area contributed by atoms with E-state index >= 15 is 0 Å². The average molecular weight is 273 g/mol. The molecule has 108 valence electrons. The molecule has 3 heteroatoms. The number of carbonyl (C=O) groups excluding carboxylic acids is 1. The number of piperidine rings is 1. The molecule has 0 N–H and O–H groups in total. The first-order valence-electron chi connectivity index (χ1n) is 7.84. The molecule has 2 aliphatic rings. The van der Waals surface area contributed by atoms with Gasteiger partial charge in [0, 0.05) is 6.42 Å². The number of ether oxygens (including phenoxy) is 1. The number of likely N-dealkylation sites (tertiary alicyclic amines) is 1. The molecule has 0 saturated carbocycles. The van der Waals surface area contributed by atoms with E-state index in [-0.39, 0.29) is 11.9 Å². The quantitative estimate of drug-likeness (QED) is 0.843. The van der Waals surface area contributed by atoms with E-state index in [1.54, 1.807) is 0 Å². The van der Waals surface area contributed by atoms with Crippen molar-refractivity contribution in [2.75, 3.05) is 19.6 Å². The highest BCUT2D eigenvalue weighted by Crippen LogP contribution is 2.28. The van der Waals surface area contributed by atoms with Crippen LogP contribution in [0.2, 0.25) is 0 Å². The van der Waals surface area contributed by atoms with Crippen molar-refractivity contribution in [2.45, 2.75) is 44.6 Å². The van der Waals surface area contributed by atoms with E-state index in [0.29, 0.717) is 6.42 Å². The fourth-order valence-electron chi connectivity index (χ4n) is 3.22. The Bertz CT molecular complexity index is 466. The van der Waals surface area contributed by atoms with Gasteiger partial charge in [-0.1, -0.05) is 18.6 Å². The second kappa shape index (κ2) is 6.40. The maximum absolute atomic E-state index is 12.1. The number of ketones is 1. The maximum Gasteiger partial charge on any atom is 0.170 e. The molecule has 1 atom stereocenters. The van der Waals surface area contributed by atoms with Gasteiger partial charge in [-0.25, -0.2) is 0 Å². The van der Waals surface area contributed by atoms with Gasteiger partial charge in [0.15, 0.2) is 5.78 Å². The van der Waals surface area contributed by atoms with Crippen molar-refractivity contribution < 1.29 is 9.53 Å². The Labute approximate surface area is 120 Å². The van der Waals surface area contributed by atoms with Crippen molar-refractivity contribution in [3.05, 3.63) is 29.8 Å². The second-order valence-corrected chi connectivity index (χ2v) is 5.91. The molecule has 0 aromatic heterocycles. The predicted octanol–water partition coefficient (Wildman–Crippen LogP) is 3.29. The first kappa shape index (κ1) is 13.6. The van der Waals surface area contributed by atoms with Crippen LogP contribution < -0.4 is 4.74 Å². The van der Waals surface area contributed by atoms with E-state index in [2.05, 4.69) is 4.90 Å². The van der Waals surface area contributed by atoms with Crippen LogP contribution in [-0.2, 0) is 0 Å². The van der Waals surface area contributed by atoms with Crippen LogP contribution in [0, 0.1) is 0 Å². The van der Waals surface area contributed by atoms with Gasteiger partial charge in [0.2, 0.25) is 0 Å². The van der Waals surface area contributed by atoms with Crippen LogP contribution in [0.3, 0.4) is 0 Å². The molecule has 0 amide bonds. The van der Waals surface area contributed by atoms with Crippen LogP contribution in [0.15, 0.2) is 24.3 Å². The Hall–Kier alpha value is -1.35. The number of para-hydroxylation sites is 1. The monoisotopic (exact) mass is 273 g/mol. The Kier molecular flexibility index (Phi) is 4.36. The third kappa shape index (κ3) is 3.21. The predicted molar refractivity (Wildman–Crippen MR) is 79.3 cm³/mol. The number of hydrogen-bond acceptors (Lipinski definition) is 3. The van der Waals surface area contributed by atoms with Gasteiger partial charge in [0.1, 0.15) is 11.9 Å². The van der Waals surface area contributed by atoms with Gasteiger partial charge in [0.25, 0.3) is 0 Å². The third-order valence-electron chi connectivity index (χ3n) is 4.34. The highest BCUT2D eigenvalue weighted by Gasteiger charge is 2.25. The molecule has 0 radical (unpaired) electrons. The lowest BCUT2D eigenvalue weighted by molar-refractivity contribution is 0.0828. The molecule has 1 saturated heterocycles. The van der Waals surface area contributed by atoms with Crippen LogP contribution in [0.25, 0.3) is 0 Å². The molecule has 2 heterocycles. The first-order chi connectivity index (χ1) is 9.83. The van der Waals surface area contributed by atoms with E-state index in [1.165, 1.54) is 32.4 Å². The molecule has 1 aromatic rings. The number of nitrogens with zero attached hydrogens (tertiary/aromatic N) is 1. The first-order valence-corrected chi connectivity index (χ1v) is 7.84. The van der Waals surface area contributed by atoms with E-state index in [9.17, 15) is 4.79 Å². The minimum absolute atomic E-state index is 0.0715. The zero-order chi connectivity index (χ0) is 13.8. The molecule has 3 nitrogen and oxygen atoms in total. The van der Waals surface area contributed by atoms with Crippen molar-refractivity contribution in [1.82, 2.24) is 4.90 Å². The number of carbonyl (C=O) groups is 1. The van der Waals surface area contributed by atoms with Crippen LogP contribution in [0.5, 0.6) is 5.75 Å². The van der Waals surface area contributed by atoms with Crippen molar-refractivity contribution >= 4 is 5.78 Å². The lowest BCUT2D eigenvalue weighted by Gasteiger charge is -2.28. The summed E-state index contributed by atoms with van der Waals surface area (Å²) in [5, 5.41) is 0. The summed E-state index contributed by atoms with van der Waals surface area (Å²) in [6, 6.07) is 7.60. The number of hydrogen-bond donors (Lipinski definition) is 0. The number of fused-ring (bicyclic) bond motifs is 1. The van der Waals surface area contributed by atoms with Crippen molar-refractivity contribution in [3.8, 4) is 5.75 Å².